The van der Waals surface area contributed by atoms with Gasteiger partial charge in [0.15, 0.2) is 0 Å². The lowest BCUT2D eigenvalue weighted by molar-refractivity contribution is 0.113. The lowest BCUT2D eigenvalue weighted by Crippen LogP contribution is -2.56. The van der Waals surface area contributed by atoms with Crippen molar-refractivity contribution < 1.29 is 9.53 Å². The van der Waals surface area contributed by atoms with Crippen LogP contribution in [-0.4, -0.2) is 31.3 Å². The maximum atomic E-state index is 12.2. The van der Waals surface area contributed by atoms with Crippen molar-refractivity contribution >= 4 is 6.03 Å². The van der Waals surface area contributed by atoms with Crippen molar-refractivity contribution in [2.24, 2.45) is 16.7 Å². The van der Waals surface area contributed by atoms with Gasteiger partial charge in [0.25, 0.3) is 0 Å². The van der Waals surface area contributed by atoms with E-state index in [1.54, 1.807) is 0 Å². The van der Waals surface area contributed by atoms with Gasteiger partial charge in [-0.3, -0.25) is 0 Å². The second-order valence-corrected chi connectivity index (χ2v) is 7.53. The van der Waals surface area contributed by atoms with E-state index in [1.165, 1.54) is 19.3 Å². The Morgan fingerprint density at radius 1 is 1.21 bits per heavy atom. The largest absolute Gasteiger partial charge is 0.379 e. The lowest BCUT2D eigenvalue weighted by Gasteiger charge is -2.43. The van der Waals surface area contributed by atoms with Gasteiger partial charge in [-0.05, 0) is 42.4 Å². The molecule has 19 heavy (non-hydrogen) atoms. The third kappa shape index (κ3) is 2.14. The molecular weight excluding hydrogens is 240 g/mol. The molecule has 2 saturated carbocycles. The standard InChI is InChI=1S/C15H26N2O2/c1-14(2)10-4-6-15(3,8-10)12(14)17-13(18)16-11-5-7-19-9-11/h10-12H,4-9H2,1-3H3,(H2,16,17,18). The van der Waals surface area contributed by atoms with Crippen LogP contribution in [0.4, 0.5) is 4.79 Å². The van der Waals surface area contributed by atoms with Gasteiger partial charge in [-0.1, -0.05) is 20.8 Å². The highest BCUT2D eigenvalue weighted by molar-refractivity contribution is 5.75. The molecule has 2 aliphatic carbocycles. The summed E-state index contributed by atoms with van der Waals surface area (Å²) < 4.78 is 5.30. The summed E-state index contributed by atoms with van der Waals surface area (Å²) >= 11 is 0. The van der Waals surface area contributed by atoms with Gasteiger partial charge in [0, 0.05) is 12.6 Å². The van der Waals surface area contributed by atoms with Gasteiger partial charge in [-0.25, -0.2) is 4.79 Å². The molecule has 0 spiro atoms. The van der Waals surface area contributed by atoms with E-state index in [0.29, 0.717) is 12.6 Å². The lowest BCUT2D eigenvalue weighted by atomic mass is 9.68. The van der Waals surface area contributed by atoms with E-state index in [-0.39, 0.29) is 22.9 Å². The molecule has 1 aliphatic heterocycles. The average Bonchev–Trinajstić information content (AvgIpc) is 2.98. The third-order valence-corrected chi connectivity index (χ3v) is 5.81. The van der Waals surface area contributed by atoms with E-state index in [1.807, 2.05) is 0 Å². The van der Waals surface area contributed by atoms with Crippen LogP contribution in [0.15, 0.2) is 0 Å². The van der Waals surface area contributed by atoms with Gasteiger partial charge < -0.3 is 15.4 Å². The minimum atomic E-state index is -0.0117. The summed E-state index contributed by atoms with van der Waals surface area (Å²) in [4.78, 5) is 12.2. The first-order chi connectivity index (χ1) is 8.92. The van der Waals surface area contributed by atoms with Crippen LogP contribution >= 0.6 is 0 Å². The van der Waals surface area contributed by atoms with Crippen molar-refractivity contribution in [2.75, 3.05) is 13.2 Å². The molecule has 3 aliphatic rings. The molecule has 4 heteroatoms. The smallest absolute Gasteiger partial charge is 0.315 e. The zero-order chi connectivity index (χ0) is 13.7. The summed E-state index contributed by atoms with van der Waals surface area (Å²) in [5.74, 6) is 0.762. The number of urea groups is 1. The Labute approximate surface area is 115 Å². The summed E-state index contributed by atoms with van der Waals surface area (Å²) in [7, 11) is 0. The van der Waals surface area contributed by atoms with Crippen LogP contribution in [0.3, 0.4) is 0 Å². The van der Waals surface area contributed by atoms with Gasteiger partial charge >= 0.3 is 6.03 Å². The van der Waals surface area contributed by atoms with Gasteiger partial charge in [0.2, 0.25) is 0 Å². The highest BCUT2D eigenvalue weighted by Gasteiger charge is 2.59. The number of ether oxygens (including phenoxy) is 1. The second kappa shape index (κ2) is 4.37. The minimum absolute atomic E-state index is 0.0117. The molecule has 2 bridgehead atoms. The molecule has 2 N–H and O–H groups in total. The Kier molecular flexibility index (Phi) is 3.04. The Morgan fingerprint density at radius 3 is 2.58 bits per heavy atom. The first kappa shape index (κ1) is 13.2. The van der Waals surface area contributed by atoms with Crippen molar-refractivity contribution in [1.82, 2.24) is 10.6 Å². The number of carbonyl (C=O) groups excluding carboxylic acids is 1. The van der Waals surface area contributed by atoms with E-state index in [9.17, 15) is 4.79 Å². The summed E-state index contributed by atoms with van der Waals surface area (Å²) in [6, 6.07) is 0.470. The number of amides is 2. The highest BCUT2D eigenvalue weighted by Crippen LogP contribution is 2.62. The zero-order valence-electron chi connectivity index (χ0n) is 12.3. The summed E-state index contributed by atoms with van der Waals surface area (Å²) in [6.45, 7) is 8.38. The normalized spacial score (nSPS) is 43.4. The van der Waals surface area contributed by atoms with Gasteiger partial charge in [-0.15, -0.1) is 0 Å². The van der Waals surface area contributed by atoms with Crippen LogP contribution in [0.1, 0.15) is 46.5 Å². The summed E-state index contributed by atoms with van der Waals surface area (Å²) in [5.41, 5.74) is 0.508. The molecule has 3 rings (SSSR count). The van der Waals surface area contributed by atoms with Crippen molar-refractivity contribution in [3.8, 4) is 0 Å². The number of carbonyl (C=O) groups is 1. The fourth-order valence-electron chi connectivity index (χ4n) is 4.67. The molecule has 3 fully saturated rings. The second-order valence-electron chi connectivity index (χ2n) is 7.53. The van der Waals surface area contributed by atoms with Crippen molar-refractivity contribution in [2.45, 2.75) is 58.5 Å². The van der Waals surface area contributed by atoms with Crippen LogP contribution in [0.5, 0.6) is 0 Å². The monoisotopic (exact) mass is 266 g/mol. The summed E-state index contributed by atoms with van der Waals surface area (Å²) in [5, 5.41) is 6.31. The number of hydrogen-bond donors (Lipinski definition) is 2. The Morgan fingerprint density at radius 2 is 2.00 bits per heavy atom. The van der Waals surface area contributed by atoms with Crippen LogP contribution in [0.2, 0.25) is 0 Å². The number of rotatable bonds is 2. The van der Waals surface area contributed by atoms with Crippen LogP contribution < -0.4 is 10.6 Å². The SMILES string of the molecule is CC12CCC(C1)C(C)(C)C2NC(=O)NC1CCOC1. The maximum absolute atomic E-state index is 12.2. The molecule has 0 aromatic heterocycles. The molecule has 4 unspecified atom stereocenters. The maximum Gasteiger partial charge on any atom is 0.315 e. The highest BCUT2D eigenvalue weighted by atomic mass is 16.5. The van der Waals surface area contributed by atoms with E-state index < -0.39 is 0 Å². The third-order valence-electron chi connectivity index (χ3n) is 5.81. The zero-order valence-corrected chi connectivity index (χ0v) is 12.3. The molecular formula is C15H26N2O2. The molecule has 0 radical (unpaired) electrons. The van der Waals surface area contributed by atoms with Crippen LogP contribution in [0.25, 0.3) is 0 Å². The molecule has 2 amide bonds. The van der Waals surface area contributed by atoms with E-state index >= 15 is 0 Å². The summed E-state index contributed by atoms with van der Waals surface area (Å²) in [6.07, 6.45) is 4.76. The fraction of sp³-hybridized carbons (Fsp3) is 0.933. The predicted molar refractivity (Wildman–Crippen MR) is 73.9 cm³/mol. The topological polar surface area (TPSA) is 50.4 Å². The molecule has 4 atom stereocenters. The van der Waals surface area contributed by atoms with E-state index in [2.05, 4.69) is 31.4 Å². The van der Waals surface area contributed by atoms with E-state index in [0.717, 1.165) is 18.9 Å². The number of hydrogen-bond acceptors (Lipinski definition) is 2. The first-order valence-corrected chi connectivity index (χ1v) is 7.56. The van der Waals surface area contributed by atoms with Crippen LogP contribution in [0, 0.1) is 16.7 Å². The number of nitrogens with one attached hydrogen (secondary N) is 2. The molecule has 4 nitrogen and oxygen atoms in total. The molecule has 108 valence electrons. The van der Waals surface area contributed by atoms with Gasteiger partial charge in [0.05, 0.1) is 12.6 Å². The van der Waals surface area contributed by atoms with Crippen molar-refractivity contribution in [3.05, 3.63) is 0 Å². The molecule has 1 heterocycles. The Bertz CT molecular complexity index is 372. The predicted octanol–water partition coefficient (Wildman–Crippen LogP) is 2.29. The average molecular weight is 266 g/mol. The van der Waals surface area contributed by atoms with E-state index in [4.69, 9.17) is 4.74 Å². The first-order valence-electron chi connectivity index (χ1n) is 7.56. The molecule has 1 saturated heterocycles. The van der Waals surface area contributed by atoms with Crippen LogP contribution in [-0.2, 0) is 4.74 Å². The van der Waals surface area contributed by atoms with Gasteiger partial charge in [-0.2, -0.15) is 0 Å². The number of fused-ring (bicyclic) bond motifs is 2. The molecule has 0 aromatic rings. The van der Waals surface area contributed by atoms with Crippen molar-refractivity contribution in [3.63, 3.8) is 0 Å². The van der Waals surface area contributed by atoms with Gasteiger partial charge in [0.1, 0.15) is 0 Å². The Hall–Kier alpha value is -0.770. The van der Waals surface area contributed by atoms with Crippen molar-refractivity contribution in [1.29, 1.82) is 0 Å². The quantitative estimate of drug-likeness (QED) is 0.805. The molecule has 0 aromatic carbocycles. The fourth-order valence-corrected chi connectivity index (χ4v) is 4.67. The minimum Gasteiger partial charge on any atom is -0.379 e. The Balaban J connectivity index is 1.63.